The number of ether oxygens (including phenoxy) is 4. The van der Waals surface area contributed by atoms with Gasteiger partial charge in [0.2, 0.25) is 6.79 Å². The Labute approximate surface area is 120 Å². The van der Waals surface area contributed by atoms with Gasteiger partial charge in [-0.15, -0.1) is 0 Å². The standard InChI is InChI=1S/C15H23NO4/c1-11(2)8-16-9-12-6-14-15(20-10-19-14)7-13(12)18-5-4-17-3/h6-7,11,16H,4-5,8-10H2,1-3H3. The normalized spacial score (nSPS) is 13.0. The third kappa shape index (κ3) is 4.02. The molecule has 2 rings (SSSR count). The molecule has 112 valence electrons. The summed E-state index contributed by atoms with van der Waals surface area (Å²) in [7, 11) is 1.66. The van der Waals surface area contributed by atoms with Crippen LogP contribution in [0.5, 0.6) is 17.2 Å². The third-order valence-corrected chi connectivity index (χ3v) is 2.97. The maximum atomic E-state index is 5.76. The molecule has 0 atom stereocenters. The fourth-order valence-electron chi connectivity index (χ4n) is 1.97. The SMILES string of the molecule is COCCOc1cc2c(cc1CNCC(C)C)OCO2. The highest BCUT2D eigenvalue weighted by atomic mass is 16.7. The summed E-state index contributed by atoms with van der Waals surface area (Å²) < 4.78 is 21.6. The number of fused-ring (bicyclic) bond motifs is 1. The van der Waals surface area contributed by atoms with Gasteiger partial charge in [0.15, 0.2) is 11.5 Å². The van der Waals surface area contributed by atoms with E-state index in [2.05, 4.69) is 19.2 Å². The van der Waals surface area contributed by atoms with Crippen LogP contribution in [0.2, 0.25) is 0 Å². The van der Waals surface area contributed by atoms with Gasteiger partial charge in [0.1, 0.15) is 12.4 Å². The van der Waals surface area contributed by atoms with Crippen LogP contribution in [0.25, 0.3) is 0 Å². The predicted octanol–water partition coefficient (Wildman–Crippen LogP) is 2.19. The van der Waals surface area contributed by atoms with Gasteiger partial charge in [0, 0.05) is 25.3 Å². The number of nitrogens with one attached hydrogen (secondary N) is 1. The smallest absolute Gasteiger partial charge is 0.231 e. The molecule has 0 aromatic heterocycles. The van der Waals surface area contributed by atoms with E-state index in [1.807, 2.05) is 12.1 Å². The summed E-state index contributed by atoms with van der Waals surface area (Å²) in [6, 6.07) is 3.88. The summed E-state index contributed by atoms with van der Waals surface area (Å²) in [5.41, 5.74) is 1.08. The van der Waals surface area contributed by atoms with E-state index in [9.17, 15) is 0 Å². The van der Waals surface area contributed by atoms with E-state index in [4.69, 9.17) is 18.9 Å². The Hall–Kier alpha value is -1.46. The molecule has 5 nitrogen and oxygen atoms in total. The second-order valence-electron chi connectivity index (χ2n) is 5.18. The zero-order chi connectivity index (χ0) is 14.4. The summed E-state index contributed by atoms with van der Waals surface area (Å²) in [6.07, 6.45) is 0. The average molecular weight is 281 g/mol. The molecule has 0 unspecified atom stereocenters. The Bertz CT molecular complexity index is 434. The van der Waals surface area contributed by atoms with Gasteiger partial charge in [-0.3, -0.25) is 0 Å². The lowest BCUT2D eigenvalue weighted by molar-refractivity contribution is 0.145. The van der Waals surface area contributed by atoms with Gasteiger partial charge in [0.05, 0.1) is 6.61 Å². The number of rotatable bonds is 8. The zero-order valence-corrected chi connectivity index (χ0v) is 12.4. The van der Waals surface area contributed by atoms with Crippen molar-refractivity contribution < 1.29 is 18.9 Å². The molecule has 1 aromatic carbocycles. The van der Waals surface area contributed by atoms with Gasteiger partial charge < -0.3 is 24.3 Å². The van der Waals surface area contributed by atoms with Gasteiger partial charge in [-0.25, -0.2) is 0 Å². The molecule has 1 heterocycles. The van der Waals surface area contributed by atoms with Crippen LogP contribution in [-0.2, 0) is 11.3 Å². The molecule has 0 radical (unpaired) electrons. The molecule has 1 aromatic rings. The van der Waals surface area contributed by atoms with Crippen LogP contribution in [-0.4, -0.2) is 33.7 Å². The largest absolute Gasteiger partial charge is 0.491 e. The number of methoxy groups -OCH3 is 1. The molecule has 0 bridgehead atoms. The maximum Gasteiger partial charge on any atom is 0.231 e. The minimum Gasteiger partial charge on any atom is -0.491 e. The quantitative estimate of drug-likeness (QED) is 0.740. The topological polar surface area (TPSA) is 49.0 Å². The first-order valence-electron chi connectivity index (χ1n) is 6.95. The number of hydrogen-bond donors (Lipinski definition) is 1. The van der Waals surface area contributed by atoms with Crippen molar-refractivity contribution in [1.82, 2.24) is 5.32 Å². The minimum absolute atomic E-state index is 0.274. The van der Waals surface area contributed by atoms with Crippen LogP contribution in [0.15, 0.2) is 12.1 Å². The molecule has 0 amide bonds. The fraction of sp³-hybridized carbons (Fsp3) is 0.600. The number of hydrogen-bond acceptors (Lipinski definition) is 5. The first kappa shape index (κ1) is 14.9. The predicted molar refractivity (Wildman–Crippen MR) is 76.5 cm³/mol. The van der Waals surface area contributed by atoms with E-state index < -0.39 is 0 Å². The maximum absolute atomic E-state index is 5.76. The zero-order valence-electron chi connectivity index (χ0n) is 12.4. The molecule has 1 aliphatic heterocycles. The lowest BCUT2D eigenvalue weighted by Crippen LogP contribution is -2.19. The Balaban J connectivity index is 2.05. The van der Waals surface area contributed by atoms with Crippen LogP contribution < -0.4 is 19.5 Å². The highest BCUT2D eigenvalue weighted by molar-refractivity contribution is 5.51. The first-order chi connectivity index (χ1) is 9.70. The van der Waals surface area contributed by atoms with E-state index in [-0.39, 0.29) is 6.79 Å². The first-order valence-corrected chi connectivity index (χ1v) is 6.95. The van der Waals surface area contributed by atoms with Crippen molar-refractivity contribution in [1.29, 1.82) is 0 Å². The third-order valence-electron chi connectivity index (χ3n) is 2.97. The van der Waals surface area contributed by atoms with E-state index in [0.717, 1.165) is 35.9 Å². The molecule has 20 heavy (non-hydrogen) atoms. The van der Waals surface area contributed by atoms with E-state index >= 15 is 0 Å². The van der Waals surface area contributed by atoms with Crippen molar-refractivity contribution in [2.24, 2.45) is 5.92 Å². The lowest BCUT2D eigenvalue weighted by Gasteiger charge is -2.14. The second kappa shape index (κ2) is 7.36. The van der Waals surface area contributed by atoms with Gasteiger partial charge in [0.25, 0.3) is 0 Å². The average Bonchev–Trinajstić information content (AvgIpc) is 2.85. The van der Waals surface area contributed by atoms with Crippen LogP contribution >= 0.6 is 0 Å². The van der Waals surface area contributed by atoms with Crippen molar-refractivity contribution >= 4 is 0 Å². The second-order valence-corrected chi connectivity index (χ2v) is 5.18. The summed E-state index contributed by atoms with van der Waals surface area (Å²) in [4.78, 5) is 0. The molecule has 1 aliphatic rings. The fourth-order valence-corrected chi connectivity index (χ4v) is 1.97. The molecule has 0 fully saturated rings. The molecule has 0 saturated carbocycles. The molecular weight excluding hydrogens is 258 g/mol. The molecular formula is C15H23NO4. The summed E-state index contributed by atoms with van der Waals surface area (Å²) in [5, 5.41) is 3.42. The lowest BCUT2D eigenvalue weighted by atomic mass is 10.1. The Morgan fingerprint density at radius 1 is 1.20 bits per heavy atom. The van der Waals surface area contributed by atoms with Crippen molar-refractivity contribution in [3.63, 3.8) is 0 Å². The highest BCUT2D eigenvalue weighted by Gasteiger charge is 2.18. The van der Waals surface area contributed by atoms with Crippen LogP contribution in [0.3, 0.4) is 0 Å². The van der Waals surface area contributed by atoms with E-state index in [0.29, 0.717) is 19.1 Å². The van der Waals surface area contributed by atoms with E-state index in [1.54, 1.807) is 7.11 Å². The Morgan fingerprint density at radius 2 is 1.95 bits per heavy atom. The number of benzene rings is 1. The molecule has 0 aliphatic carbocycles. The van der Waals surface area contributed by atoms with Gasteiger partial charge >= 0.3 is 0 Å². The van der Waals surface area contributed by atoms with Crippen LogP contribution in [0.4, 0.5) is 0 Å². The van der Waals surface area contributed by atoms with Gasteiger partial charge in [-0.05, 0) is 18.5 Å². The van der Waals surface area contributed by atoms with Crippen LogP contribution in [0.1, 0.15) is 19.4 Å². The van der Waals surface area contributed by atoms with Crippen molar-refractivity contribution in [2.45, 2.75) is 20.4 Å². The Morgan fingerprint density at radius 3 is 2.65 bits per heavy atom. The van der Waals surface area contributed by atoms with Crippen molar-refractivity contribution in [2.75, 3.05) is 33.7 Å². The van der Waals surface area contributed by atoms with Crippen molar-refractivity contribution in [3.05, 3.63) is 17.7 Å². The van der Waals surface area contributed by atoms with Crippen molar-refractivity contribution in [3.8, 4) is 17.2 Å². The van der Waals surface area contributed by atoms with E-state index in [1.165, 1.54) is 0 Å². The van der Waals surface area contributed by atoms with Gasteiger partial charge in [-0.1, -0.05) is 13.8 Å². The summed E-state index contributed by atoms with van der Waals surface area (Å²) in [5.74, 6) is 2.96. The molecule has 0 saturated heterocycles. The Kier molecular flexibility index (Phi) is 5.49. The highest BCUT2D eigenvalue weighted by Crippen LogP contribution is 2.38. The van der Waals surface area contributed by atoms with Gasteiger partial charge in [-0.2, -0.15) is 0 Å². The summed E-state index contributed by atoms with van der Waals surface area (Å²) >= 11 is 0. The minimum atomic E-state index is 0.274. The monoisotopic (exact) mass is 281 g/mol. The molecule has 5 heteroatoms. The van der Waals surface area contributed by atoms with Crippen LogP contribution in [0, 0.1) is 5.92 Å². The summed E-state index contributed by atoms with van der Waals surface area (Å²) in [6.45, 7) is 7.44. The molecule has 0 spiro atoms. The molecule has 1 N–H and O–H groups in total.